The summed E-state index contributed by atoms with van der Waals surface area (Å²) in [5.74, 6) is 1.02. The monoisotopic (exact) mass is 249 g/mol. The van der Waals surface area contributed by atoms with E-state index in [0.29, 0.717) is 18.0 Å². The lowest BCUT2D eigenvalue weighted by Gasteiger charge is -2.10. The van der Waals surface area contributed by atoms with E-state index in [2.05, 4.69) is 10.4 Å². The molecule has 2 aromatic rings. The molecule has 1 aromatic heterocycles. The highest BCUT2D eigenvalue weighted by atomic mass is 19.1. The van der Waals surface area contributed by atoms with E-state index in [9.17, 15) is 4.39 Å². The van der Waals surface area contributed by atoms with E-state index in [0.717, 1.165) is 12.1 Å². The lowest BCUT2D eigenvalue weighted by Crippen LogP contribution is -2.12. The van der Waals surface area contributed by atoms with Gasteiger partial charge in [0.1, 0.15) is 11.6 Å². The molecule has 0 atom stereocenters. The van der Waals surface area contributed by atoms with Crippen LogP contribution in [0.4, 0.5) is 4.39 Å². The summed E-state index contributed by atoms with van der Waals surface area (Å²) in [5.41, 5.74) is 0.792. The minimum atomic E-state index is -0.263. The summed E-state index contributed by atoms with van der Waals surface area (Å²) in [7, 11) is 1.82. The number of nitrogens with zero attached hydrogens (tertiary/aromatic N) is 2. The van der Waals surface area contributed by atoms with Crippen LogP contribution in [0, 0.1) is 5.82 Å². The number of nitrogens with one attached hydrogen (secondary N) is 1. The minimum Gasteiger partial charge on any atom is -0.454 e. The van der Waals surface area contributed by atoms with Gasteiger partial charge in [-0.15, -0.1) is 0 Å². The van der Waals surface area contributed by atoms with Crippen molar-refractivity contribution in [3.8, 4) is 11.5 Å². The predicted octanol–water partition coefficient (Wildman–Crippen LogP) is 2.46. The first-order chi connectivity index (χ1) is 8.69. The van der Waals surface area contributed by atoms with Gasteiger partial charge in [0, 0.05) is 19.2 Å². The predicted molar refractivity (Wildman–Crippen MR) is 67.1 cm³/mol. The molecular weight excluding hydrogens is 233 g/mol. The molecule has 1 heterocycles. The van der Waals surface area contributed by atoms with E-state index < -0.39 is 0 Å². The Morgan fingerprint density at radius 1 is 1.44 bits per heavy atom. The highest BCUT2D eigenvalue weighted by Crippen LogP contribution is 2.25. The Morgan fingerprint density at radius 2 is 2.28 bits per heavy atom. The zero-order valence-corrected chi connectivity index (χ0v) is 10.5. The normalized spacial score (nSPS) is 10.6. The van der Waals surface area contributed by atoms with Crippen LogP contribution in [0.25, 0.3) is 0 Å². The van der Waals surface area contributed by atoms with Gasteiger partial charge in [0.25, 0.3) is 0 Å². The van der Waals surface area contributed by atoms with Gasteiger partial charge in [-0.2, -0.15) is 5.10 Å². The van der Waals surface area contributed by atoms with Gasteiger partial charge < -0.3 is 10.1 Å². The second-order valence-corrected chi connectivity index (χ2v) is 3.98. The van der Waals surface area contributed by atoms with Crippen LogP contribution in [0.3, 0.4) is 0 Å². The summed E-state index contributed by atoms with van der Waals surface area (Å²) >= 11 is 0. The summed E-state index contributed by atoms with van der Waals surface area (Å²) in [6.07, 6.45) is 3.39. The maximum atomic E-state index is 13.2. The van der Waals surface area contributed by atoms with Crippen molar-refractivity contribution in [1.82, 2.24) is 15.1 Å². The van der Waals surface area contributed by atoms with Gasteiger partial charge in [-0.25, -0.2) is 4.39 Å². The van der Waals surface area contributed by atoms with Crippen LogP contribution in [0.1, 0.15) is 12.5 Å². The third-order valence-corrected chi connectivity index (χ3v) is 2.50. The maximum absolute atomic E-state index is 13.2. The van der Waals surface area contributed by atoms with E-state index in [-0.39, 0.29) is 5.82 Å². The molecule has 1 aromatic carbocycles. The molecule has 0 bridgehead atoms. The Bertz CT molecular complexity index is 525. The molecule has 2 rings (SSSR count). The maximum Gasteiger partial charge on any atom is 0.165 e. The average Bonchev–Trinajstić information content (AvgIpc) is 2.75. The molecule has 0 amide bonds. The Kier molecular flexibility index (Phi) is 3.94. The molecular formula is C13H16FN3O. The van der Waals surface area contributed by atoms with Crippen LogP contribution in [0.2, 0.25) is 0 Å². The van der Waals surface area contributed by atoms with Crippen molar-refractivity contribution in [2.24, 2.45) is 7.05 Å². The summed E-state index contributed by atoms with van der Waals surface area (Å²) in [6.45, 7) is 3.40. The van der Waals surface area contributed by atoms with Crippen LogP contribution >= 0.6 is 0 Å². The zero-order chi connectivity index (χ0) is 13.0. The van der Waals surface area contributed by atoms with Gasteiger partial charge in [-0.05, 0) is 24.7 Å². The fraction of sp³-hybridized carbons (Fsp3) is 0.308. The van der Waals surface area contributed by atoms with Crippen molar-refractivity contribution in [2.75, 3.05) is 6.54 Å². The summed E-state index contributed by atoms with van der Waals surface area (Å²) < 4.78 is 20.6. The van der Waals surface area contributed by atoms with Crippen LogP contribution in [-0.4, -0.2) is 16.3 Å². The summed E-state index contributed by atoms with van der Waals surface area (Å²) in [6, 6.07) is 4.50. The van der Waals surface area contributed by atoms with Crippen molar-refractivity contribution in [1.29, 1.82) is 0 Å². The molecule has 0 fully saturated rings. The number of rotatable bonds is 5. The van der Waals surface area contributed by atoms with Crippen molar-refractivity contribution in [3.63, 3.8) is 0 Å². The van der Waals surface area contributed by atoms with Crippen LogP contribution in [0.15, 0.2) is 30.6 Å². The fourth-order valence-corrected chi connectivity index (χ4v) is 1.62. The Hall–Kier alpha value is -1.88. The van der Waals surface area contributed by atoms with E-state index >= 15 is 0 Å². The Labute approximate surface area is 105 Å². The number of aromatic nitrogens is 2. The second kappa shape index (κ2) is 5.64. The number of aryl methyl sites for hydroxylation is 1. The molecule has 0 saturated carbocycles. The van der Waals surface area contributed by atoms with E-state index in [1.54, 1.807) is 23.1 Å². The van der Waals surface area contributed by atoms with Crippen LogP contribution < -0.4 is 10.1 Å². The first kappa shape index (κ1) is 12.6. The number of hydrogen-bond acceptors (Lipinski definition) is 3. The number of ether oxygens (including phenoxy) is 1. The fourth-order valence-electron chi connectivity index (χ4n) is 1.62. The summed E-state index contributed by atoms with van der Waals surface area (Å²) in [4.78, 5) is 0. The highest BCUT2D eigenvalue weighted by molar-refractivity contribution is 5.37. The van der Waals surface area contributed by atoms with Gasteiger partial charge in [0.2, 0.25) is 0 Å². The summed E-state index contributed by atoms with van der Waals surface area (Å²) in [5, 5.41) is 7.18. The number of benzene rings is 1. The van der Waals surface area contributed by atoms with Gasteiger partial charge in [-0.3, -0.25) is 4.68 Å². The van der Waals surface area contributed by atoms with Crippen LogP contribution in [-0.2, 0) is 13.6 Å². The lowest BCUT2D eigenvalue weighted by atomic mass is 10.2. The molecule has 96 valence electrons. The van der Waals surface area contributed by atoms with Gasteiger partial charge in [-0.1, -0.05) is 6.92 Å². The third kappa shape index (κ3) is 3.07. The van der Waals surface area contributed by atoms with E-state index in [1.807, 2.05) is 14.0 Å². The molecule has 4 nitrogen and oxygen atoms in total. The molecule has 0 spiro atoms. The molecule has 0 saturated heterocycles. The average molecular weight is 249 g/mol. The van der Waals surface area contributed by atoms with Crippen molar-refractivity contribution < 1.29 is 9.13 Å². The smallest absolute Gasteiger partial charge is 0.165 e. The molecule has 5 heteroatoms. The second-order valence-electron chi connectivity index (χ2n) is 3.98. The van der Waals surface area contributed by atoms with Crippen LogP contribution in [0.5, 0.6) is 11.5 Å². The molecule has 18 heavy (non-hydrogen) atoms. The topological polar surface area (TPSA) is 39.1 Å². The zero-order valence-electron chi connectivity index (χ0n) is 10.5. The van der Waals surface area contributed by atoms with E-state index in [4.69, 9.17) is 4.74 Å². The molecule has 0 aliphatic heterocycles. The standard InChI is InChI=1S/C13H16FN3O/c1-3-15-7-10-6-11(14)4-5-13(10)18-12-8-16-17(2)9-12/h4-6,8-9,15H,3,7H2,1-2H3. The molecule has 0 aliphatic rings. The van der Waals surface area contributed by atoms with Crippen molar-refractivity contribution in [3.05, 3.63) is 42.0 Å². The number of hydrogen-bond donors (Lipinski definition) is 1. The minimum absolute atomic E-state index is 0.263. The molecule has 0 unspecified atom stereocenters. The molecule has 1 N–H and O–H groups in total. The Morgan fingerprint density at radius 3 is 2.94 bits per heavy atom. The Balaban J connectivity index is 2.20. The molecule has 0 radical (unpaired) electrons. The number of halogens is 1. The third-order valence-electron chi connectivity index (χ3n) is 2.50. The quantitative estimate of drug-likeness (QED) is 0.884. The molecule has 0 aliphatic carbocycles. The first-order valence-corrected chi connectivity index (χ1v) is 5.84. The van der Waals surface area contributed by atoms with Gasteiger partial charge in [0.05, 0.1) is 12.4 Å². The first-order valence-electron chi connectivity index (χ1n) is 5.84. The van der Waals surface area contributed by atoms with Gasteiger partial charge in [0.15, 0.2) is 5.75 Å². The SMILES string of the molecule is CCNCc1cc(F)ccc1Oc1cnn(C)c1. The van der Waals surface area contributed by atoms with Gasteiger partial charge >= 0.3 is 0 Å². The van der Waals surface area contributed by atoms with Crippen molar-refractivity contribution in [2.45, 2.75) is 13.5 Å². The lowest BCUT2D eigenvalue weighted by molar-refractivity contribution is 0.470. The largest absolute Gasteiger partial charge is 0.454 e. The van der Waals surface area contributed by atoms with Crippen molar-refractivity contribution >= 4 is 0 Å². The van der Waals surface area contributed by atoms with E-state index in [1.165, 1.54) is 12.1 Å². The highest BCUT2D eigenvalue weighted by Gasteiger charge is 2.07.